The van der Waals surface area contributed by atoms with Gasteiger partial charge in [-0.25, -0.2) is 0 Å². The third kappa shape index (κ3) is 2.72. The zero-order valence-electron chi connectivity index (χ0n) is 24.1. The molecule has 37 heavy (non-hydrogen) atoms. The van der Waals surface area contributed by atoms with Crippen LogP contribution in [0.2, 0.25) is 0 Å². The molecule has 12 atom stereocenters. The molecular formula is C32H49NO4. The van der Waals surface area contributed by atoms with Crippen molar-refractivity contribution in [1.82, 2.24) is 4.90 Å². The van der Waals surface area contributed by atoms with Gasteiger partial charge in [0.15, 0.2) is 0 Å². The molecule has 3 aliphatic carbocycles. The Morgan fingerprint density at radius 3 is 2.59 bits per heavy atom. The van der Waals surface area contributed by atoms with Gasteiger partial charge in [-0.3, -0.25) is 14.5 Å². The summed E-state index contributed by atoms with van der Waals surface area (Å²) in [5.41, 5.74) is -0.0154. The van der Waals surface area contributed by atoms with Crippen molar-refractivity contribution in [3.63, 3.8) is 0 Å². The molecule has 3 saturated carbocycles. The first-order valence-electron chi connectivity index (χ1n) is 15.6. The van der Waals surface area contributed by atoms with Gasteiger partial charge >= 0.3 is 11.9 Å². The summed E-state index contributed by atoms with van der Waals surface area (Å²) >= 11 is 0. The van der Waals surface area contributed by atoms with Gasteiger partial charge in [-0.1, -0.05) is 27.2 Å². The zero-order chi connectivity index (χ0) is 26.2. The van der Waals surface area contributed by atoms with E-state index in [1.807, 2.05) is 0 Å². The lowest BCUT2D eigenvalue weighted by atomic mass is 9.41. The summed E-state index contributed by atoms with van der Waals surface area (Å²) in [6, 6.07) is 0.691. The Morgan fingerprint density at radius 1 is 1.08 bits per heavy atom. The summed E-state index contributed by atoms with van der Waals surface area (Å²) in [7, 11) is 0. The predicted octanol–water partition coefficient (Wildman–Crippen LogP) is 6.14. The topological polar surface area (TPSA) is 55.8 Å². The number of hydrogen-bond acceptors (Lipinski definition) is 5. The minimum Gasteiger partial charge on any atom is -0.461 e. The normalized spacial score (nSPS) is 56.9. The van der Waals surface area contributed by atoms with Crippen LogP contribution in [0, 0.1) is 45.8 Å². The van der Waals surface area contributed by atoms with Crippen LogP contribution in [-0.4, -0.2) is 46.7 Å². The summed E-state index contributed by atoms with van der Waals surface area (Å²) in [5.74, 6) is 2.78. The molecule has 7 aliphatic rings. The van der Waals surface area contributed by atoms with Crippen LogP contribution < -0.4 is 0 Å². The fourth-order valence-corrected chi connectivity index (χ4v) is 12.8. The molecule has 206 valence electrons. The minimum atomic E-state index is -0.734. The lowest BCUT2D eigenvalue weighted by Gasteiger charge is -2.67. The van der Waals surface area contributed by atoms with Gasteiger partial charge in [0.25, 0.3) is 0 Å². The molecular weight excluding hydrogens is 462 g/mol. The number of rotatable bonds is 5. The van der Waals surface area contributed by atoms with Crippen LogP contribution in [-0.2, 0) is 19.1 Å². The monoisotopic (exact) mass is 511 g/mol. The van der Waals surface area contributed by atoms with Gasteiger partial charge in [-0.15, -0.1) is 0 Å². The molecule has 4 heterocycles. The molecule has 0 aromatic rings. The van der Waals surface area contributed by atoms with E-state index in [-0.39, 0.29) is 24.0 Å². The van der Waals surface area contributed by atoms with Crippen molar-refractivity contribution in [2.75, 3.05) is 6.54 Å². The van der Waals surface area contributed by atoms with Gasteiger partial charge < -0.3 is 9.47 Å². The molecule has 5 nitrogen and oxygen atoms in total. The first-order chi connectivity index (χ1) is 17.4. The average Bonchev–Trinajstić information content (AvgIpc) is 3.35. The Bertz CT molecular complexity index is 1030. The number of fused-ring (bicyclic) bond motifs is 4. The van der Waals surface area contributed by atoms with Crippen molar-refractivity contribution >= 4 is 11.9 Å². The first-order valence-corrected chi connectivity index (χ1v) is 15.6. The largest absolute Gasteiger partial charge is 0.461 e. The van der Waals surface area contributed by atoms with Crippen LogP contribution in [0.5, 0.6) is 0 Å². The second kappa shape index (κ2) is 7.55. The Hall–Kier alpha value is -1.10. The van der Waals surface area contributed by atoms with E-state index in [9.17, 15) is 9.59 Å². The Balaban J connectivity index is 1.31. The van der Waals surface area contributed by atoms with Crippen molar-refractivity contribution in [2.24, 2.45) is 45.8 Å². The molecule has 0 N–H and O–H groups in total. The molecule has 1 unspecified atom stereocenters. The van der Waals surface area contributed by atoms with Gasteiger partial charge in [0.1, 0.15) is 17.1 Å². The Kier molecular flexibility index (Phi) is 5.08. The highest BCUT2D eigenvalue weighted by Gasteiger charge is 2.80. The molecule has 0 aromatic carbocycles. The average molecular weight is 512 g/mol. The summed E-state index contributed by atoms with van der Waals surface area (Å²) in [6.07, 6.45) is 13.1. The Labute approximate surface area is 223 Å². The summed E-state index contributed by atoms with van der Waals surface area (Å²) < 4.78 is 12.0. The van der Waals surface area contributed by atoms with Crippen LogP contribution in [0.4, 0.5) is 0 Å². The molecule has 5 heteroatoms. The van der Waals surface area contributed by atoms with E-state index in [0.29, 0.717) is 28.3 Å². The van der Waals surface area contributed by atoms with Crippen LogP contribution in [0.1, 0.15) is 112 Å². The Morgan fingerprint density at radius 2 is 1.86 bits per heavy atom. The number of piperidine rings is 2. The minimum absolute atomic E-state index is 0.104. The van der Waals surface area contributed by atoms with E-state index >= 15 is 0 Å². The molecule has 0 radical (unpaired) electrons. The maximum atomic E-state index is 13.5. The lowest BCUT2D eigenvalue weighted by Crippen LogP contribution is -2.68. The summed E-state index contributed by atoms with van der Waals surface area (Å²) in [5, 5.41) is 0. The van der Waals surface area contributed by atoms with E-state index in [2.05, 4.69) is 39.5 Å². The van der Waals surface area contributed by atoms with Crippen molar-refractivity contribution in [3.8, 4) is 0 Å². The summed E-state index contributed by atoms with van der Waals surface area (Å²) in [4.78, 5) is 28.6. The fraction of sp³-hybridized carbons (Fsp3) is 0.938. The van der Waals surface area contributed by atoms with Crippen molar-refractivity contribution in [3.05, 3.63) is 0 Å². The summed E-state index contributed by atoms with van der Waals surface area (Å²) in [6.45, 7) is 14.7. The first kappa shape index (κ1) is 24.9. The molecule has 0 amide bonds. The van der Waals surface area contributed by atoms with Gasteiger partial charge in [0, 0.05) is 31.0 Å². The van der Waals surface area contributed by atoms with Crippen LogP contribution >= 0.6 is 0 Å². The lowest BCUT2D eigenvalue weighted by molar-refractivity contribution is -0.187. The van der Waals surface area contributed by atoms with Gasteiger partial charge in [0.2, 0.25) is 0 Å². The second-order valence-corrected chi connectivity index (χ2v) is 15.5. The number of hydrogen-bond donors (Lipinski definition) is 0. The maximum absolute atomic E-state index is 13.5. The molecule has 7 rings (SSSR count). The highest BCUT2D eigenvalue weighted by Crippen LogP contribution is 2.79. The van der Waals surface area contributed by atoms with Crippen molar-refractivity contribution in [1.29, 1.82) is 0 Å². The smallest absolute Gasteiger partial charge is 0.316 e. The number of esters is 2. The van der Waals surface area contributed by atoms with Crippen molar-refractivity contribution < 1.29 is 19.1 Å². The van der Waals surface area contributed by atoms with Crippen LogP contribution in [0.15, 0.2) is 0 Å². The van der Waals surface area contributed by atoms with E-state index in [0.717, 1.165) is 37.0 Å². The number of ether oxygens (including phenoxy) is 2. The highest BCUT2D eigenvalue weighted by atomic mass is 16.6. The molecule has 4 aliphatic heterocycles. The SMILES string of the molecule is CC(=O)O[C@H]1CC[C@@]2(C)OC(=O)[C@]1(C)[C@H]2CC[C@]12[C@@H]3[C@@H](C(C)C)CC[C@@]1(C)[C@@H]1CC[C@@]4(CCC[C@H]42)N3C1. The van der Waals surface area contributed by atoms with E-state index in [1.165, 1.54) is 64.8 Å². The molecule has 4 saturated heterocycles. The molecule has 7 fully saturated rings. The standard InChI is InChI=1S/C32H49NO4/c1-19(2)22-10-14-28(4)21-9-16-31-13-7-8-24(31)32(28,26(22)33(31)18-21)17-11-23-29(5)15-12-25(36-20(3)34)30(23,6)27(35)37-29/h19,21-26H,7-18H2,1-6H3/t21-,22-,23+,24-,25+,26+,28+,29-,30-,31-,32+/m1/s1. The van der Waals surface area contributed by atoms with Gasteiger partial charge in [-0.2, -0.15) is 0 Å². The quantitative estimate of drug-likeness (QED) is 0.415. The highest BCUT2D eigenvalue weighted by molar-refractivity contribution is 5.82. The van der Waals surface area contributed by atoms with Gasteiger partial charge in [-0.05, 0) is 113 Å². The fourth-order valence-electron chi connectivity index (χ4n) is 12.8. The second-order valence-electron chi connectivity index (χ2n) is 15.5. The zero-order valence-corrected chi connectivity index (χ0v) is 24.1. The van der Waals surface area contributed by atoms with Crippen molar-refractivity contribution in [2.45, 2.75) is 135 Å². The molecule has 7 bridgehead atoms. The number of nitrogens with zero attached hydrogens (tertiary/aromatic N) is 1. The number of carbonyl (C=O) groups is 2. The van der Waals surface area contributed by atoms with E-state index in [1.54, 1.807) is 0 Å². The van der Waals surface area contributed by atoms with Crippen LogP contribution in [0.25, 0.3) is 0 Å². The van der Waals surface area contributed by atoms with Crippen LogP contribution in [0.3, 0.4) is 0 Å². The maximum Gasteiger partial charge on any atom is 0.316 e. The number of carbonyl (C=O) groups excluding carboxylic acids is 2. The molecule has 1 spiro atoms. The molecule has 0 aromatic heterocycles. The third-order valence-electron chi connectivity index (χ3n) is 14.3. The van der Waals surface area contributed by atoms with E-state index in [4.69, 9.17) is 9.47 Å². The predicted molar refractivity (Wildman–Crippen MR) is 142 cm³/mol. The third-order valence-corrected chi connectivity index (χ3v) is 14.3. The van der Waals surface area contributed by atoms with Gasteiger partial charge in [0.05, 0.1) is 0 Å². The van der Waals surface area contributed by atoms with E-state index < -0.39 is 11.0 Å².